The molecule has 0 spiro atoms. The maximum atomic E-state index is 13.8. The smallest absolute Gasteiger partial charge is 0.388 e. The molecule has 1 aliphatic rings. The Morgan fingerprint density at radius 1 is 1.09 bits per heavy atom. The maximum absolute atomic E-state index is 13.8. The van der Waals surface area contributed by atoms with Crippen LogP contribution in [0.25, 0.3) is 39.0 Å². The highest BCUT2D eigenvalue weighted by atomic mass is 19.3. The van der Waals surface area contributed by atoms with Crippen LogP contribution < -0.4 is 15.6 Å². The van der Waals surface area contributed by atoms with Gasteiger partial charge in [0.2, 0.25) is 11.8 Å². The monoisotopic (exact) mass is 476 g/mol. The van der Waals surface area contributed by atoms with Crippen molar-refractivity contribution in [1.29, 1.82) is 0 Å². The van der Waals surface area contributed by atoms with Crippen molar-refractivity contribution < 1.29 is 13.5 Å². The Bertz CT molecular complexity index is 1630. The number of hydrogen-bond donors (Lipinski definition) is 1. The number of anilines is 1. The minimum atomic E-state index is -3.00. The summed E-state index contributed by atoms with van der Waals surface area (Å²) in [6, 6.07) is 8.47. The summed E-state index contributed by atoms with van der Waals surface area (Å²) in [5.74, 6) is 0.119. The second-order valence-corrected chi connectivity index (χ2v) is 8.23. The van der Waals surface area contributed by atoms with Crippen molar-refractivity contribution in [3.63, 3.8) is 0 Å². The first-order valence-electron chi connectivity index (χ1n) is 10.9. The largest absolute Gasteiger partial charge is 0.417 e. The first-order chi connectivity index (χ1) is 16.9. The predicted molar refractivity (Wildman–Crippen MR) is 124 cm³/mol. The summed E-state index contributed by atoms with van der Waals surface area (Å²) in [5.41, 5.74) is 2.10. The molecule has 0 unspecified atom stereocenters. The molecule has 10 nitrogen and oxygen atoms in total. The fraction of sp³-hybridized carbons (Fsp3) is 0.217. The van der Waals surface area contributed by atoms with E-state index in [1.807, 2.05) is 25.4 Å². The maximum Gasteiger partial charge on any atom is 0.388 e. The topological polar surface area (TPSA) is 113 Å². The molecule has 176 valence electrons. The highest BCUT2D eigenvalue weighted by Crippen LogP contribution is 2.26. The van der Waals surface area contributed by atoms with Crippen molar-refractivity contribution in [3.8, 4) is 22.8 Å². The quantitative estimate of drug-likeness (QED) is 0.397. The van der Waals surface area contributed by atoms with Gasteiger partial charge in [0.1, 0.15) is 11.2 Å². The van der Waals surface area contributed by atoms with Crippen molar-refractivity contribution >= 4 is 28.0 Å². The van der Waals surface area contributed by atoms with Crippen molar-refractivity contribution in [2.24, 2.45) is 7.05 Å². The lowest BCUT2D eigenvalue weighted by atomic mass is 10.1. The van der Waals surface area contributed by atoms with Gasteiger partial charge in [0.25, 0.3) is 5.56 Å². The van der Waals surface area contributed by atoms with Crippen LogP contribution in [-0.4, -0.2) is 46.9 Å². The van der Waals surface area contributed by atoms with Gasteiger partial charge in [-0.25, -0.2) is 15.0 Å². The number of nitrogens with zero attached hydrogens (tertiary/aromatic N) is 7. The molecule has 1 aliphatic carbocycles. The minimum Gasteiger partial charge on any atom is -0.417 e. The summed E-state index contributed by atoms with van der Waals surface area (Å²) in [4.78, 5) is 31.1. The van der Waals surface area contributed by atoms with Crippen LogP contribution in [0.15, 0.2) is 53.7 Å². The van der Waals surface area contributed by atoms with E-state index in [0.29, 0.717) is 28.8 Å². The van der Waals surface area contributed by atoms with E-state index in [9.17, 15) is 13.6 Å². The molecule has 35 heavy (non-hydrogen) atoms. The van der Waals surface area contributed by atoms with Crippen molar-refractivity contribution in [1.82, 2.24) is 34.3 Å². The number of pyridine rings is 1. The second kappa shape index (κ2) is 8.08. The van der Waals surface area contributed by atoms with Gasteiger partial charge in [0.15, 0.2) is 5.65 Å². The van der Waals surface area contributed by atoms with Crippen molar-refractivity contribution in [2.45, 2.75) is 25.5 Å². The minimum absolute atomic E-state index is 0.183. The van der Waals surface area contributed by atoms with Crippen LogP contribution in [-0.2, 0) is 7.05 Å². The lowest BCUT2D eigenvalue weighted by molar-refractivity contribution is -0.0528. The Balaban J connectivity index is 1.55. The van der Waals surface area contributed by atoms with E-state index in [2.05, 4.69) is 35.1 Å². The zero-order valence-electron chi connectivity index (χ0n) is 18.4. The first-order valence-corrected chi connectivity index (χ1v) is 10.9. The summed E-state index contributed by atoms with van der Waals surface area (Å²) < 4.78 is 32.5. The predicted octanol–water partition coefficient (Wildman–Crippen LogP) is 3.30. The Morgan fingerprint density at radius 3 is 2.69 bits per heavy atom. The summed E-state index contributed by atoms with van der Waals surface area (Å²) in [5, 5.41) is 8.43. The van der Waals surface area contributed by atoms with Gasteiger partial charge in [-0.3, -0.25) is 14.0 Å². The average Bonchev–Trinajstić information content (AvgIpc) is 3.56. The first kappa shape index (κ1) is 21.1. The van der Waals surface area contributed by atoms with Gasteiger partial charge in [-0.15, -0.1) is 0 Å². The SMILES string of the molecule is Cn1cc2cc(-c3nc4cnc(NC5CC5)nc4n(-c4ccc(OC(F)F)nc4)c3=O)ccc2n1. The molecule has 1 fully saturated rings. The molecule has 0 aliphatic heterocycles. The second-order valence-electron chi connectivity index (χ2n) is 8.23. The molecule has 0 amide bonds. The fourth-order valence-electron chi connectivity index (χ4n) is 3.85. The van der Waals surface area contributed by atoms with Crippen molar-refractivity contribution in [2.75, 3.05) is 5.32 Å². The molecule has 6 rings (SSSR count). The number of rotatable bonds is 6. The normalized spacial score (nSPS) is 13.6. The van der Waals surface area contributed by atoms with Gasteiger partial charge < -0.3 is 10.1 Å². The summed E-state index contributed by atoms with van der Waals surface area (Å²) in [6.07, 6.45) is 6.73. The number of aryl methyl sites for hydroxylation is 1. The molecule has 1 aromatic carbocycles. The number of fused-ring (bicyclic) bond motifs is 2. The van der Waals surface area contributed by atoms with Crippen LogP contribution in [0, 0.1) is 0 Å². The highest BCUT2D eigenvalue weighted by molar-refractivity contribution is 5.84. The van der Waals surface area contributed by atoms with E-state index in [4.69, 9.17) is 0 Å². The van der Waals surface area contributed by atoms with E-state index in [0.717, 1.165) is 23.7 Å². The van der Waals surface area contributed by atoms with E-state index < -0.39 is 12.2 Å². The molecular weight excluding hydrogens is 458 g/mol. The molecular formula is C23H18F2N8O2. The summed E-state index contributed by atoms with van der Waals surface area (Å²) in [6.45, 7) is -3.00. The summed E-state index contributed by atoms with van der Waals surface area (Å²) in [7, 11) is 1.82. The Morgan fingerprint density at radius 2 is 1.94 bits per heavy atom. The van der Waals surface area contributed by atoms with E-state index >= 15 is 0 Å². The highest BCUT2D eigenvalue weighted by Gasteiger charge is 2.23. The van der Waals surface area contributed by atoms with Crippen LogP contribution in [0.4, 0.5) is 14.7 Å². The van der Waals surface area contributed by atoms with Crippen LogP contribution in [0.1, 0.15) is 12.8 Å². The van der Waals surface area contributed by atoms with Gasteiger partial charge in [-0.2, -0.15) is 18.9 Å². The van der Waals surface area contributed by atoms with Crippen molar-refractivity contribution in [3.05, 3.63) is 59.3 Å². The van der Waals surface area contributed by atoms with Crippen LogP contribution in [0.3, 0.4) is 0 Å². The zero-order valence-corrected chi connectivity index (χ0v) is 18.4. The summed E-state index contributed by atoms with van der Waals surface area (Å²) >= 11 is 0. The van der Waals surface area contributed by atoms with Gasteiger partial charge in [-0.1, -0.05) is 6.07 Å². The van der Waals surface area contributed by atoms with Gasteiger partial charge in [0, 0.05) is 36.3 Å². The molecule has 1 N–H and O–H groups in total. The van der Waals surface area contributed by atoms with Crippen LogP contribution in [0.5, 0.6) is 5.88 Å². The van der Waals surface area contributed by atoms with Gasteiger partial charge >= 0.3 is 6.61 Å². The fourth-order valence-corrected chi connectivity index (χ4v) is 3.85. The molecule has 0 saturated heterocycles. The Labute approximate surface area is 196 Å². The molecule has 5 aromatic rings. The third-order valence-electron chi connectivity index (χ3n) is 5.59. The molecule has 0 bridgehead atoms. The molecule has 0 atom stereocenters. The van der Waals surface area contributed by atoms with E-state index in [1.54, 1.807) is 16.9 Å². The lowest BCUT2D eigenvalue weighted by Gasteiger charge is -2.13. The number of hydrogen-bond acceptors (Lipinski definition) is 8. The average molecular weight is 476 g/mol. The molecule has 4 aromatic heterocycles. The number of benzene rings is 1. The van der Waals surface area contributed by atoms with Gasteiger partial charge in [0.05, 0.1) is 23.6 Å². The molecule has 0 radical (unpaired) electrons. The number of aromatic nitrogens is 7. The number of ether oxygens (including phenoxy) is 1. The van der Waals surface area contributed by atoms with Crippen LogP contribution in [0.2, 0.25) is 0 Å². The lowest BCUT2D eigenvalue weighted by Crippen LogP contribution is -2.24. The van der Waals surface area contributed by atoms with E-state index in [-0.39, 0.29) is 17.2 Å². The number of alkyl halides is 2. The van der Waals surface area contributed by atoms with Gasteiger partial charge in [-0.05, 0) is 31.0 Å². The van der Waals surface area contributed by atoms with E-state index in [1.165, 1.54) is 22.9 Å². The number of halogens is 2. The Kier molecular flexibility index (Phi) is 4.87. The molecule has 12 heteroatoms. The standard InChI is InChI=1S/C23H18F2N8O2/c1-32-11-13-8-12(2-6-16(13)31-32)19-21(34)33(15-5-7-18(26-9-15)35-22(24)25)20-17(29-19)10-27-23(30-20)28-14-3-4-14/h2,5-11,14,22H,3-4H2,1H3,(H,27,28,30). The zero-order chi connectivity index (χ0) is 24.1. The molecule has 4 heterocycles. The third kappa shape index (κ3) is 4.03. The third-order valence-corrected chi connectivity index (χ3v) is 5.59. The van der Waals surface area contributed by atoms with Crippen LogP contribution >= 0.6 is 0 Å². The number of nitrogens with one attached hydrogen (secondary N) is 1. The Hall–Kier alpha value is -4.48. The molecule has 1 saturated carbocycles.